The third-order valence-corrected chi connectivity index (χ3v) is 3.85. The van der Waals surface area contributed by atoms with Crippen LogP contribution in [0.5, 0.6) is 0 Å². The Labute approximate surface area is 118 Å². The molecule has 1 aromatic rings. The third kappa shape index (κ3) is 4.80. The molecular formula is C13H21N3O2S. The van der Waals surface area contributed by atoms with Crippen LogP contribution in [0.25, 0.3) is 0 Å². The van der Waals surface area contributed by atoms with E-state index in [1.807, 2.05) is 26.8 Å². The molecule has 0 spiro atoms. The summed E-state index contributed by atoms with van der Waals surface area (Å²) in [5, 5.41) is 13.0. The maximum atomic E-state index is 11.4. The minimum absolute atomic E-state index is 0.394. The highest BCUT2D eigenvalue weighted by atomic mass is 32.2. The zero-order chi connectivity index (χ0) is 14.5. The topological polar surface area (TPSA) is 75.1 Å². The molecule has 2 N–H and O–H groups in total. The number of hydrogen-bond donors (Lipinski definition) is 2. The van der Waals surface area contributed by atoms with Crippen LogP contribution in [0.4, 0.5) is 0 Å². The second-order valence-electron chi connectivity index (χ2n) is 4.79. The van der Waals surface area contributed by atoms with Gasteiger partial charge in [-0.2, -0.15) is 0 Å². The molecule has 0 aliphatic heterocycles. The maximum absolute atomic E-state index is 11.4. The number of hydrogen-bond acceptors (Lipinski definition) is 5. The van der Waals surface area contributed by atoms with Crippen molar-refractivity contribution in [2.24, 2.45) is 0 Å². The van der Waals surface area contributed by atoms with Crippen LogP contribution in [0.1, 0.15) is 31.7 Å². The number of nitrogens with one attached hydrogen (secondary N) is 1. The number of nitrogens with zero attached hydrogens (tertiary/aromatic N) is 2. The molecular weight excluding hydrogens is 262 g/mol. The van der Waals surface area contributed by atoms with Gasteiger partial charge in [-0.15, -0.1) is 0 Å². The zero-order valence-corrected chi connectivity index (χ0v) is 12.7. The zero-order valence-electron chi connectivity index (χ0n) is 11.9. The van der Waals surface area contributed by atoms with E-state index in [9.17, 15) is 9.90 Å². The highest BCUT2D eigenvalue weighted by Crippen LogP contribution is 2.20. The summed E-state index contributed by atoms with van der Waals surface area (Å²) in [4.78, 5) is 20.0. The fourth-order valence-corrected chi connectivity index (χ4v) is 2.62. The van der Waals surface area contributed by atoms with Crippen LogP contribution in [0.3, 0.4) is 0 Å². The molecule has 1 unspecified atom stereocenters. The van der Waals surface area contributed by atoms with Gasteiger partial charge in [0, 0.05) is 17.1 Å². The Morgan fingerprint density at radius 2 is 2.00 bits per heavy atom. The van der Waals surface area contributed by atoms with Gasteiger partial charge in [-0.1, -0.05) is 18.7 Å². The minimum Gasteiger partial charge on any atom is -0.480 e. The highest BCUT2D eigenvalue weighted by Gasteiger charge is 2.32. The fraction of sp³-hybridized carbons (Fsp3) is 0.615. The van der Waals surface area contributed by atoms with Crippen molar-refractivity contribution in [3.8, 4) is 0 Å². The molecule has 0 aliphatic rings. The van der Waals surface area contributed by atoms with E-state index in [0.29, 0.717) is 17.5 Å². The third-order valence-electron chi connectivity index (χ3n) is 2.69. The molecule has 0 saturated heterocycles. The van der Waals surface area contributed by atoms with Crippen LogP contribution in [-0.2, 0) is 4.79 Å². The van der Waals surface area contributed by atoms with Gasteiger partial charge in [0.15, 0.2) is 5.16 Å². The Kier molecular flexibility index (Phi) is 5.75. The van der Waals surface area contributed by atoms with E-state index >= 15 is 0 Å². The molecule has 0 fully saturated rings. The number of rotatable bonds is 7. The summed E-state index contributed by atoms with van der Waals surface area (Å²) in [6.45, 7) is 8.20. The number of carboxylic acid groups (broad SMARTS) is 1. The van der Waals surface area contributed by atoms with Crippen LogP contribution >= 0.6 is 11.8 Å². The van der Waals surface area contributed by atoms with Gasteiger partial charge in [-0.05, 0) is 39.8 Å². The smallest absolute Gasteiger partial charge is 0.324 e. The number of carboxylic acids is 1. The molecule has 6 heteroatoms. The average Bonchev–Trinajstić information content (AvgIpc) is 2.32. The minimum atomic E-state index is -0.957. The Balaban J connectivity index is 2.73. The van der Waals surface area contributed by atoms with Crippen molar-refractivity contribution < 1.29 is 9.90 Å². The summed E-state index contributed by atoms with van der Waals surface area (Å²) in [6, 6.07) is 1.90. The molecule has 0 bridgehead atoms. The van der Waals surface area contributed by atoms with Crippen molar-refractivity contribution in [3.63, 3.8) is 0 Å². The van der Waals surface area contributed by atoms with Crippen molar-refractivity contribution in [1.82, 2.24) is 15.3 Å². The first-order valence-electron chi connectivity index (χ1n) is 6.31. The van der Waals surface area contributed by atoms with Crippen molar-refractivity contribution >= 4 is 17.7 Å². The van der Waals surface area contributed by atoms with Gasteiger partial charge in [-0.25, -0.2) is 9.97 Å². The quantitative estimate of drug-likeness (QED) is 0.589. The highest BCUT2D eigenvalue weighted by molar-refractivity contribution is 7.99. The van der Waals surface area contributed by atoms with Gasteiger partial charge >= 0.3 is 5.97 Å². The maximum Gasteiger partial charge on any atom is 0.324 e. The lowest BCUT2D eigenvalue weighted by Gasteiger charge is -2.25. The molecule has 0 aromatic carbocycles. The summed E-state index contributed by atoms with van der Waals surface area (Å²) >= 11 is 1.37. The van der Waals surface area contributed by atoms with Crippen LogP contribution in [-0.4, -0.2) is 38.9 Å². The van der Waals surface area contributed by atoms with E-state index in [1.54, 1.807) is 6.92 Å². The first-order chi connectivity index (χ1) is 8.87. The molecule has 1 heterocycles. The van der Waals surface area contributed by atoms with Gasteiger partial charge in [0.25, 0.3) is 0 Å². The van der Waals surface area contributed by atoms with Crippen LogP contribution in [0.2, 0.25) is 0 Å². The van der Waals surface area contributed by atoms with Gasteiger partial charge in [0.05, 0.1) is 0 Å². The molecule has 1 atom stereocenters. The van der Waals surface area contributed by atoms with Gasteiger partial charge in [0.2, 0.25) is 0 Å². The molecule has 0 amide bonds. The summed E-state index contributed by atoms with van der Waals surface area (Å²) in [5.41, 5.74) is 0.837. The predicted octanol–water partition coefficient (Wildman–Crippen LogP) is 2.03. The standard InChI is InChI=1S/C13H21N3O2S/c1-5-6-14-13(4,11(17)18)8-19-12-15-9(2)7-10(3)16-12/h7,14H,5-6,8H2,1-4H3,(H,17,18). The predicted molar refractivity (Wildman–Crippen MR) is 76.6 cm³/mol. The molecule has 19 heavy (non-hydrogen) atoms. The number of aliphatic carboxylic acids is 1. The van der Waals surface area contributed by atoms with E-state index in [-0.39, 0.29) is 0 Å². The van der Waals surface area contributed by atoms with E-state index in [0.717, 1.165) is 17.8 Å². The molecule has 0 aliphatic carbocycles. The lowest BCUT2D eigenvalue weighted by atomic mass is 10.1. The van der Waals surface area contributed by atoms with Crippen molar-refractivity contribution in [2.75, 3.05) is 12.3 Å². The van der Waals surface area contributed by atoms with E-state index < -0.39 is 11.5 Å². The van der Waals surface area contributed by atoms with Crippen molar-refractivity contribution in [3.05, 3.63) is 17.5 Å². The lowest BCUT2D eigenvalue weighted by Crippen LogP contribution is -2.52. The molecule has 1 rings (SSSR count). The summed E-state index contributed by atoms with van der Waals surface area (Å²) in [6.07, 6.45) is 0.896. The summed E-state index contributed by atoms with van der Waals surface area (Å²) < 4.78 is 0. The van der Waals surface area contributed by atoms with E-state index in [4.69, 9.17) is 0 Å². The number of aryl methyl sites for hydroxylation is 2. The summed E-state index contributed by atoms with van der Waals surface area (Å²) in [7, 11) is 0. The Morgan fingerprint density at radius 1 is 1.42 bits per heavy atom. The van der Waals surface area contributed by atoms with Crippen LogP contribution in [0.15, 0.2) is 11.2 Å². The van der Waals surface area contributed by atoms with Gasteiger partial charge in [-0.3, -0.25) is 4.79 Å². The van der Waals surface area contributed by atoms with E-state index in [2.05, 4.69) is 15.3 Å². The lowest BCUT2D eigenvalue weighted by molar-refractivity contribution is -0.143. The van der Waals surface area contributed by atoms with Crippen molar-refractivity contribution in [2.45, 2.75) is 44.8 Å². The number of thioether (sulfide) groups is 1. The second-order valence-corrected chi connectivity index (χ2v) is 5.73. The van der Waals surface area contributed by atoms with Crippen LogP contribution in [0, 0.1) is 13.8 Å². The molecule has 5 nitrogen and oxygen atoms in total. The van der Waals surface area contributed by atoms with Gasteiger partial charge < -0.3 is 10.4 Å². The molecule has 0 saturated carbocycles. The normalized spacial score (nSPS) is 14.1. The summed E-state index contributed by atoms with van der Waals surface area (Å²) in [5.74, 6) is -0.455. The van der Waals surface area contributed by atoms with Gasteiger partial charge in [0.1, 0.15) is 5.54 Å². The number of aromatic nitrogens is 2. The Morgan fingerprint density at radius 3 is 2.47 bits per heavy atom. The first-order valence-corrected chi connectivity index (χ1v) is 7.29. The van der Waals surface area contributed by atoms with Crippen molar-refractivity contribution in [1.29, 1.82) is 0 Å². The van der Waals surface area contributed by atoms with Crippen LogP contribution < -0.4 is 5.32 Å². The SMILES string of the molecule is CCCNC(C)(CSc1nc(C)cc(C)n1)C(=O)O. The molecule has 0 radical (unpaired) electrons. The average molecular weight is 283 g/mol. The molecule has 1 aromatic heterocycles. The Bertz CT molecular complexity index is 433. The first kappa shape index (κ1) is 15.9. The largest absolute Gasteiger partial charge is 0.480 e. The monoisotopic (exact) mass is 283 g/mol. The van der Waals surface area contributed by atoms with E-state index in [1.165, 1.54) is 11.8 Å². The molecule has 106 valence electrons. The fourth-order valence-electron chi connectivity index (χ4n) is 1.56. The Hall–Kier alpha value is -1.14. The second kappa shape index (κ2) is 6.86. The number of carbonyl (C=O) groups is 1.